The van der Waals surface area contributed by atoms with Gasteiger partial charge in [-0.05, 0) is 43.7 Å². The van der Waals surface area contributed by atoms with Crippen LogP contribution in [0, 0.1) is 0 Å². The number of fused-ring (bicyclic) bond motifs is 1. The molecule has 0 spiro atoms. The van der Waals surface area contributed by atoms with Crippen molar-refractivity contribution < 1.29 is 53.4 Å². The van der Waals surface area contributed by atoms with Crippen LogP contribution in [0.4, 0.5) is 10.1 Å². The Bertz CT molecular complexity index is 914. The maximum absolute atomic E-state index is 13.8. The Labute approximate surface area is 189 Å². The van der Waals surface area contributed by atoms with Crippen molar-refractivity contribution in [2.45, 2.75) is 32.5 Å². The Kier molecular flexibility index (Phi) is 7.15. The number of hydrogen-bond donors (Lipinski definition) is 0. The van der Waals surface area contributed by atoms with E-state index in [2.05, 4.69) is 0 Å². The summed E-state index contributed by atoms with van der Waals surface area (Å²) in [7, 11) is 0. The molecule has 142 valence electrons. The Morgan fingerprint density at radius 2 is 2.04 bits per heavy atom. The molecule has 1 aliphatic heterocycles. The van der Waals surface area contributed by atoms with Crippen LogP contribution in [0.25, 0.3) is 0 Å². The molecule has 2 aromatic carbocycles. The molecule has 3 rings (SSSR count). The molecule has 0 N–H and O–H groups in total. The van der Waals surface area contributed by atoms with Crippen molar-refractivity contribution in [3.05, 3.63) is 58.1 Å². The zero-order valence-corrected chi connectivity index (χ0v) is 18.7. The summed E-state index contributed by atoms with van der Waals surface area (Å²) in [5.41, 5.74) is 0.0309. The molecule has 5 nitrogen and oxygen atoms in total. The largest absolute Gasteiger partial charge is 1.00 e. The molecule has 0 fully saturated rings. The number of hydrogen-bond acceptors (Lipinski definition) is 4. The van der Waals surface area contributed by atoms with Crippen LogP contribution in [0.15, 0.2) is 36.4 Å². The van der Waals surface area contributed by atoms with Crippen LogP contribution in [0.2, 0.25) is 5.02 Å². The first kappa shape index (κ1) is 22.7. The van der Waals surface area contributed by atoms with Gasteiger partial charge in [0, 0.05) is 21.8 Å². The molecule has 0 atom stereocenters. The van der Waals surface area contributed by atoms with Gasteiger partial charge in [-0.25, -0.2) is 4.39 Å². The minimum absolute atomic E-state index is 0. The molecule has 0 aliphatic carbocycles. The van der Waals surface area contributed by atoms with Crippen LogP contribution >= 0.6 is 11.6 Å². The molecule has 0 saturated carbocycles. The molecule has 2 aromatic rings. The van der Waals surface area contributed by atoms with Crippen LogP contribution < -0.4 is 44.3 Å². The summed E-state index contributed by atoms with van der Waals surface area (Å²) in [4.78, 5) is 25.3. The Morgan fingerprint density at radius 1 is 1.32 bits per heavy atom. The quantitative estimate of drug-likeness (QED) is 0.621. The molecule has 1 heterocycles. The van der Waals surface area contributed by atoms with Crippen molar-refractivity contribution in [2.75, 3.05) is 11.5 Å². The van der Waals surface area contributed by atoms with Gasteiger partial charge >= 0.3 is 29.6 Å². The number of alkyl halides is 1. The molecule has 0 bridgehead atoms. The van der Waals surface area contributed by atoms with Crippen LogP contribution in [0.3, 0.4) is 0 Å². The van der Waals surface area contributed by atoms with E-state index in [0.717, 1.165) is 0 Å². The van der Waals surface area contributed by atoms with E-state index >= 15 is 0 Å². The molecule has 1 amide bonds. The number of rotatable bonds is 6. The zero-order chi connectivity index (χ0) is 19.8. The number of anilines is 1. The third-order valence-electron chi connectivity index (χ3n) is 4.21. The topological polar surface area (TPSA) is 69.7 Å². The zero-order valence-electron chi connectivity index (χ0n) is 15.9. The van der Waals surface area contributed by atoms with E-state index in [0.29, 0.717) is 27.6 Å². The second-order valence-electron chi connectivity index (χ2n) is 7.01. The number of halogens is 2. The number of amides is 1. The molecule has 0 aromatic heterocycles. The number of carbonyl (C=O) groups is 2. The summed E-state index contributed by atoms with van der Waals surface area (Å²) in [5.74, 6) is -1.14. The van der Waals surface area contributed by atoms with Crippen LogP contribution in [-0.2, 0) is 17.8 Å². The Morgan fingerprint density at radius 3 is 2.68 bits per heavy atom. The average molecular weight is 414 g/mol. The molecule has 28 heavy (non-hydrogen) atoms. The maximum atomic E-state index is 13.8. The molecule has 1 aliphatic rings. The van der Waals surface area contributed by atoms with Gasteiger partial charge in [0.25, 0.3) is 0 Å². The van der Waals surface area contributed by atoms with Gasteiger partial charge < -0.3 is 19.5 Å². The SMILES string of the molecule is CC(C)(F)COc1ccc(Cl)cc1CN1C(=O)Cc2c(C(=O)[O-])cccc21.[Na+]. The minimum atomic E-state index is -1.52. The first-order valence-corrected chi connectivity index (χ1v) is 8.77. The first-order valence-electron chi connectivity index (χ1n) is 8.39. The predicted molar refractivity (Wildman–Crippen MR) is 97.8 cm³/mol. The summed E-state index contributed by atoms with van der Waals surface area (Å²) in [5, 5.41) is 11.7. The third kappa shape index (κ3) is 5.06. The van der Waals surface area contributed by atoms with Gasteiger partial charge in [-0.1, -0.05) is 23.7 Å². The number of carbonyl (C=O) groups excluding carboxylic acids is 2. The van der Waals surface area contributed by atoms with Crippen molar-refractivity contribution in [3.63, 3.8) is 0 Å². The summed E-state index contributed by atoms with van der Waals surface area (Å²) >= 11 is 6.08. The van der Waals surface area contributed by atoms with E-state index in [9.17, 15) is 19.1 Å². The summed E-state index contributed by atoms with van der Waals surface area (Å²) < 4.78 is 19.4. The van der Waals surface area contributed by atoms with Gasteiger partial charge in [0.2, 0.25) is 5.91 Å². The molecule has 8 heteroatoms. The molecular weight excluding hydrogens is 396 g/mol. The third-order valence-corrected chi connectivity index (χ3v) is 4.45. The van der Waals surface area contributed by atoms with Crippen molar-refractivity contribution in [3.8, 4) is 5.75 Å². The summed E-state index contributed by atoms with van der Waals surface area (Å²) in [6.07, 6.45) is -0.0201. The second kappa shape index (κ2) is 8.82. The van der Waals surface area contributed by atoms with Gasteiger partial charge in [0.05, 0.1) is 18.9 Å². The monoisotopic (exact) mass is 413 g/mol. The number of aromatic carboxylic acids is 1. The minimum Gasteiger partial charge on any atom is -0.545 e. The number of nitrogens with zero attached hydrogens (tertiary/aromatic N) is 1. The van der Waals surface area contributed by atoms with Crippen LogP contribution in [0.5, 0.6) is 5.75 Å². The number of benzene rings is 2. The van der Waals surface area contributed by atoms with Gasteiger partial charge in [0.15, 0.2) is 0 Å². The standard InChI is InChI=1S/C20H19ClFNO4.Na/c1-20(2,22)11-27-17-7-6-13(21)8-12(17)10-23-16-5-3-4-14(19(25)26)15(16)9-18(23)24;/h3-8H,9-11H2,1-2H3,(H,25,26);/q;+1/p-1. The molecule has 0 radical (unpaired) electrons. The van der Waals surface area contributed by atoms with Crippen molar-refractivity contribution in [1.29, 1.82) is 0 Å². The Balaban J connectivity index is 0.00000280. The van der Waals surface area contributed by atoms with Crippen molar-refractivity contribution in [2.24, 2.45) is 0 Å². The summed E-state index contributed by atoms with van der Waals surface area (Å²) in [6.45, 7) is 2.79. The number of carboxylic acid groups (broad SMARTS) is 1. The second-order valence-corrected chi connectivity index (χ2v) is 7.44. The van der Waals surface area contributed by atoms with E-state index in [4.69, 9.17) is 16.3 Å². The maximum Gasteiger partial charge on any atom is 1.00 e. The van der Waals surface area contributed by atoms with Crippen molar-refractivity contribution >= 4 is 29.2 Å². The van der Waals surface area contributed by atoms with Gasteiger partial charge in [-0.3, -0.25) is 4.79 Å². The van der Waals surface area contributed by atoms with Gasteiger partial charge in [-0.15, -0.1) is 0 Å². The fourth-order valence-corrected chi connectivity index (χ4v) is 3.19. The fraction of sp³-hybridized carbons (Fsp3) is 0.300. The first-order chi connectivity index (χ1) is 12.7. The van der Waals surface area contributed by atoms with E-state index < -0.39 is 11.6 Å². The molecule has 0 saturated heterocycles. The van der Waals surface area contributed by atoms with E-state index in [1.165, 1.54) is 24.8 Å². The molecular formula is C20H18ClFNNaO4. The summed E-state index contributed by atoms with van der Waals surface area (Å²) in [6, 6.07) is 9.57. The normalized spacial score (nSPS) is 13.1. The van der Waals surface area contributed by atoms with E-state index in [-0.39, 0.29) is 60.6 Å². The smallest absolute Gasteiger partial charge is 0.545 e. The predicted octanol–water partition coefficient (Wildman–Crippen LogP) is -0.0763. The van der Waals surface area contributed by atoms with Gasteiger partial charge in [0.1, 0.15) is 18.0 Å². The average Bonchev–Trinajstić information content (AvgIpc) is 2.89. The van der Waals surface area contributed by atoms with Gasteiger partial charge in [-0.2, -0.15) is 0 Å². The number of ether oxygens (including phenoxy) is 1. The molecule has 0 unspecified atom stereocenters. The fourth-order valence-electron chi connectivity index (χ4n) is 2.99. The Hall–Kier alpha value is -1.60. The van der Waals surface area contributed by atoms with E-state index in [1.54, 1.807) is 30.3 Å². The van der Waals surface area contributed by atoms with Crippen LogP contribution in [0.1, 0.15) is 35.3 Å². The van der Waals surface area contributed by atoms with E-state index in [1.807, 2.05) is 0 Å². The van der Waals surface area contributed by atoms with Crippen molar-refractivity contribution in [1.82, 2.24) is 0 Å². The van der Waals surface area contributed by atoms with Crippen LogP contribution in [-0.4, -0.2) is 24.2 Å². The number of carboxylic acids is 1.